The van der Waals surface area contributed by atoms with E-state index in [0.717, 1.165) is 5.70 Å². The summed E-state index contributed by atoms with van der Waals surface area (Å²) in [6.07, 6.45) is 1.08. The number of phenols is 1. The van der Waals surface area contributed by atoms with Crippen LogP contribution in [-0.4, -0.2) is 43.8 Å². The van der Waals surface area contributed by atoms with E-state index in [0.29, 0.717) is 54.2 Å². The van der Waals surface area contributed by atoms with E-state index in [4.69, 9.17) is 14.2 Å². The van der Waals surface area contributed by atoms with Gasteiger partial charge in [-0.25, -0.2) is 4.79 Å². The third kappa shape index (κ3) is 4.77. The molecule has 0 amide bonds. The fraction of sp³-hybridized carbons (Fsp3) is 0.500. The highest BCUT2D eigenvalue weighted by Crippen LogP contribution is 2.47. The summed E-state index contributed by atoms with van der Waals surface area (Å²) in [6.45, 7) is 8.76. The number of hydrogen-bond acceptors (Lipinski definition) is 7. The second kappa shape index (κ2) is 9.14. The standard InChI is InChI=1S/C24H31NO6/c1-6-30-9-10-31-23(28)20-14(2)25-16-12-24(3,4)13-18(27)22(16)21(20)15-7-8-19(29-5)17(26)11-15/h7-8,11,21,25-26H,6,9-10,12-13H2,1-5H3. The zero-order valence-corrected chi connectivity index (χ0v) is 18.8. The molecule has 1 unspecified atom stereocenters. The van der Waals surface area contributed by atoms with E-state index in [-0.39, 0.29) is 23.6 Å². The number of rotatable bonds is 7. The summed E-state index contributed by atoms with van der Waals surface area (Å²) in [5.74, 6) is -0.868. The van der Waals surface area contributed by atoms with Crippen LogP contribution in [0.4, 0.5) is 0 Å². The molecule has 7 heteroatoms. The van der Waals surface area contributed by atoms with Gasteiger partial charge in [-0.3, -0.25) is 4.79 Å². The second-order valence-corrected chi connectivity index (χ2v) is 8.69. The number of benzene rings is 1. The van der Waals surface area contributed by atoms with Crippen molar-refractivity contribution in [2.24, 2.45) is 5.41 Å². The van der Waals surface area contributed by atoms with Gasteiger partial charge in [0.05, 0.1) is 19.3 Å². The van der Waals surface area contributed by atoms with Gasteiger partial charge in [-0.2, -0.15) is 0 Å². The molecule has 31 heavy (non-hydrogen) atoms. The van der Waals surface area contributed by atoms with Gasteiger partial charge in [0, 0.05) is 35.9 Å². The van der Waals surface area contributed by atoms with E-state index in [2.05, 4.69) is 19.2 Å². The van der Waals surface area contributed by atoms with E-state index in [1.807, 2.05) is 13.8 Å². The highest BCUT2D eigenvalue weighted by molar-refractivity contribution is 6.04. The van der Waals surface area contributed by atoms with Gasteiger partial charge in [0.25, 0.3) is 0 Å². The van der Waals surface area contributed by atoms with Gasteiger partial charge in [-0.05, 0) is 43.4 Å². The summed E-state index contributed by atoms with van der Waals surface area (Å²) >= 11 is 0. The van der Waals surface area contributed by atoms with Crippen molar-refractivity contribution in [2.75, 3.05) is 26.9 Å². The van der Waals surface area contributed by atoms with E-state index in [1.165, 1.54) is 7.11 Å². The number of allylic oxidation sites excluding steroid dienone is 3. The molecule has 0 saturated carbocycles. The maximum atomic E-state index is 13.2. The average molecular weight is 430 g/mol. The summed E-state index contributed by atoms with van der Waals surface area (Å²) in [6, 6.07) is 4.96. The molecule has 168 valence electrons. The summed E-state index contributed by atoms with van der Waals surface area (Å²) in [7, 11) is 1.47. The fourth-order valence-electron chi connectivity index (χ4n) is 4.34. The first-order chi connectivity index (χ1) is 14.7. The van der Waals surface area contributed by atoms with Crippen molar-refractivity contribution in [3.8, 4) is 11.5 Å². The maximum Gasteiger partial charge on any atom is 0.336 e. The number of carbonyl (C=O) groups is 2. The van der Waals surface area contributed by atoms with Crippen molar-refractivity contribution in [3.63, 3.8) is 0 Å². The highest BCUT2D eigenvalue weighted by atomic mass is 16.6. The second-order valence-electron chi connectivity index (χ2n) is 8.69. The van der Waals surface area contributed by atoms with Crippen LogP contribution in [0.15, 0.2) is 40.7 Å². The van der Waals surface area contributed by atoms with Gasteiger partial charge in [-0.1, -0.05) is 19.9 Å². The summed E-state index contributed by atoms with van der Waals surface area (Å²) in [5, 5.41) is 13.7. The summed E-state index contributed by atoms with van der Waals surface area (Å²) < 4.78 is 15.9. The monoisotopic (exact) mass is 429 g/mol. The number of hydrogen-bond donors (Lipinski definition) is 2. The Kier molecular flexibility index (Phi) is 6.74. The molecule has 3 rings (SSSR count). The van der Waals surface area contributed by atoms with Crippen molar-refractivity contribution in [2.45, 2.75) is 46.5 Å². The van der Waals surface area contributed by atoms with Gasteiger partial charge >= 0.3 is 5.97 Å². The maximum absolute atomic E-state index is 13.2. The van der Waals surface area contributed by atoms with Crippen molar-refractivity contribution in [3.05, 3.63) is 46.3 Å². The van der Waals surface area contributed by atoms with Gasteiger partial charge in [-0.15, -0.1) is 0 Å². The quantitative estimate of drug-likeness (QED) is 0.505. The van der Waals surface area contributed by atoms with E-state index >= 15 is 0 Å². The Hall–Kier alpha value is -2.80. The number of aromatic hydroxyl groups is 1. The molecule has 0 spiro atoms. The van der Waals surface area contributed by atoms with Crippen LogP contribution in [0.25, 0.3) is 0 Å². The molecule has 7 nitrogen and oxygen atoms in total. The lowest BCUT2D eigenvalue weighted by Crippen LogP contribution is -2.38. The third-order valence-electron chi connectivity index (χ3n) is 5.66. The lowest BCUT2D eigenvalue weighted by molar-refractivity contribution is -0.140. The lowest BCUT2D eigenvalue weighted by Gasteiger charge is -2.39. The van der Waals surface area contributed by atoms with Crippen LogP contribution in [0.1, 0.15) is 52.0 Å². The fourth-order valence-corrected chi connectivity index (χ4v) is 4.34. The smallest absolute Gasteiger partial charge is 0.336 e. The molecule has 0 bridgehead atoms. The first-order valence-electron chi connectivity index (χ1n) is 10.5. The Morgan fingerprint density at radius 1 is 1.26 bits per heavy atom. The highest BCUT2D eigenvalue weighted by Gasteiger charge is 2.43. The normalized spacial score (nSPS) is 20.3. The number of phenolic OH excluding ortho intramolecular Hbond substituents is 1. The van der Waals surface area contributed by atoms with Gasteiger partial charge in [0.15, 0.2) is 17.3 Å². The first kappa shape index (κ1) is 22.9. The number of carbonyl (C=O) groups excluding carboxylic acids is 2. The zero-order chi connectivity index (χ0) is 22.8. The summed E-state index contributed by atoms with van der Waals surface area (Å²) in [4.78, 5) is 26.3. The molecule has 1 heterocycles. The Balaban J connectivity index is 2.06. The average Bonchev–Trinajstić information content (AvgIpc) is 2.69. The zero-order valence-electron chi connectivity index (χ0n) is 18.8. The van der Waals surface area contributed by atoms with Crippen molar-refractivity contribution in [1.29, 1.82) is 0 Å². The summed E-state index contributed by atoms with van der Waals surface area (Å²) in [5.41, 5.74) is 2.86. The molecule has 1 aliphatic heterocycles. The van der Waals surface area contributed by atoms with Crippen LogP contribution in [0, 0.1) is 5.41 Å². The minimum absolute atomic E-state index is 0.00817. The molecule has 0 radical (unpaired) electrons. The van der Waals surface area contributed by atoms with E-state index in [9.17, 15) is 14.7 Å². The Morgan fingerprint density at radius 3 is 2.65 bits per heavy atom. The number of ether oxygens (including phenoxy) is 3. The number of ketones is 1. The van der Waals surface area contributed by atoms with Crippen molar-refractivity contribution >= 4 is 11.8 Å². The van der Waals surface area contributed by atoms with Crippen molar-refractivity contribution in [1.82, 2.24) is 5.32 Å². The molecule has 2 aliphatic rings. The minimum atomic E-state index is -0.628. The number of dihydropyridines is 1. The van der Waals surface area contributed by atoms with Crippen LogP contribution in [0.3, 0.4) is 0 Å². The van der Waals surface area contributed by atoms with E-state index < -0.39 is 11.9 Å². The molecule has 0 fully saturated rings. The Labute approximate surface area is 183 Å². The minimum Gasteiger partial charge on any atom is -0.504 e. The van der Waals surface area contributed by atoms with Crippen LogP contribution in [0.5, 0.6) is 11.5 Å². The predicted molar refractivity (Wildman–Crippen MR) is 116 cm³/mol. The molecule has 1 aromatic carbocycles. The molecule has 0 aromatic heterocycles. The number of methoxy groups -OCH3 is 1. The van der Waals surface area contributed by atoms with Crippen LogP contribution >= 0.6 is 0 Å². The van der Waals surface area contributed by atoms with Crippen molar-refractivity contribution < 1.29 is 28.9 Å². The molecule has 2 N–H and O–H groups in total. The number of Topliss-reactive ketones (excluding diaryl/α,β-unsaturated/α-hetero) is 1. The van der Waals surface area contributed by atoms with Gasteiger partial charge in [0.1, 0.15) is 6.61 Å². The van der Waals surface area contributed by atoms with Gasteiger partial charge < -0.3 is 24.6 Å². The SMILES string of the molecule is CCOCCOC(=O)C1=C(C)NC2=C(C(=O)CC(C)(C)C2)C1c1ccc(OC)c(O)c1. The molecule has 1 atom stereocenters. The molecular weight excluding hydrogens is 398 g/mol. The largest absolute Gasteiger partial charge is 0.504 e. The predicted octanol–water partition coefficient (Wildman–Crippen LogP) is 3.58. The topological polar surface area (TPSA) is 94.1 Å². The Morgan fingerprint density at radius 2 is 2.00 bits per heavy atom. The Bertz CT molecular complexity index is 943. The molecule has 0 saturated heterocycles. The van der Waals surface area contributed by atoms with Crippen LogP contribution in [0.2, 0.25) is 0 Å². The molecule has 1 aliphatic carbocycles. The van der Waals surface area contributed by atoms with E-state index in [1.54, 1.807) is 18.2 Å². The van der Waals surface area contributed by atoms with Gasteiger partial charge in [0.2, 0.25) is 0 Å². The molecular formula is C24H31NO6. The third-order valence-corrected chi connectivity index (χ3v) is 5.66. The first-order valence-corrected chi connectivity index (χ1v) is 10.5. The molecule has 1 aromatic rings. The van der Waals surface area contributed by atoms with Crippen LogP contribution in [-0.2, 0) is 19.1 Å². The lowest BCUT2D eigenvalue weighted by atomic mass is 9.68. The van der Waals surface area contributed by atoms with Crippen LogP contribution < -0.4 is 10.1 Å². The number of esters is 1. The number of nitrogens with one attached hydrogen (secondary N) is 1.